The Hall–Kier alpha value is -7.88. The number of carbonyl (C=O) groups is 8. The van der Waals surface area contributed by atoms with Gasteiger partial charge < -0.3 is 4.57 Å². The first kappa shape index (κ1) is 78.2. The first-order chi connectivity index (χ1) is 52.5. The molecule has 0 spiro atoms. The smallest absolute Gasteiger partial charge is 0.262 e. The number of benzene rings is 6. The molecule has 8 amide bonds. The monoisotopic (exact) mass is 1490 g/mol. The number of amides is 8. The zero-order valence-electron chi connectivity index (χ0n) is 66.2. The van der Waals surface area contributed by atoms with Gasteiger partial charge in [-0.15, -0.1) is 22.7 Å². The molecule has 4 aliphatic rings. The summed E-state index contributed by atoms with van der Waals surface area (Å²) in [5.41, 5.74) is 6.94. The number of carbonyl (C=O) groups excluding carboxylic acids is 8. The van der Waals surface area contributed by atoms with Crippen LogP contribution < -0.4 is 0 Å². The van der Waals surface area contributed by atoms with E-state index in [9.17, 15) is 0 Å². The SMILES string of the molecule is CCCCCCCCC(CCCCCCCC)n1c2cc(-c3cc4c5c6c(ccc7c6c(c4s3)C(=O)N(CC(CC)CCCC)C7=O)C(=O)N(CC(CC)CCCC)C5=O)ccc2c2ccc(-c3cc4c5c6c(ccc7c6c(c4s3)C(=O)N(CC(CC)CCCC)C7=O)C(=O)N(CC(CC)CCCC)C5=O)cc21. The summed E-state index contributed by atoms with van der Waals surface area (Å²) in [5, 5.41) is 5.06. The molecule has 7 heterocycles. The maximum atomic E-state index is 15.7. The van der Waals surface area contributed by atoms with E-state index >= 15 is 38.4 Å². The molecule has 0 radical (unpaired) electrons. The summed E-state index contributed by atoms with van der Waals surface area (Å²) in [6.45, 7) is 22.8. The molecule has 15 heteroatoms. The van der Waals surface area contributed by atoms with Gasteiger partial charge in [0.15, 0.2) is 0 Å². The Morgan fingerprint density at radius 1 is 0.287 bits per heavy atom. The van der Waals surface area contributed by atoms with E-state index in [0.717, 1.165) is 184 Å². The van der Waals surface area contributed by atoms with E-state index in [1.165, 1.54) is 93.6 Å². The highest BCUT2D eigenvalue weighted by Crippen LogP contribution is 2.52. The van der Waals surface area contributed by atoms with Crippen molar-refractivity contribution in [2.75, 3.05) is 26.2 Å². The molecule has 0 saturated heterocycles. The molecule has 108 heavy (non-hydrogen) atoms. The lowest BCUT2D eigenvalue weighted by Crippen LogP contribution is -2.45. The number of imide groups is 4. The second-order valence-corrected chi connectivity index (χ2v) is 34.3. The second kappa shape index (κ2) is 34.6. The third-order valence-corrected chi connectivity index (χ3v) is 27.5. The van der Waals surface area contributed by atoms with E-state index in [1.807, 2.05) is 0 Å². The van der Waals surface area contributed by atoms with Gasteiger partial charge in [-0.1, -0.05) is 248 Å². The van der Waals surface area contributed by atoms with Crippen LogP contribution in [0, 0.1) is 23.7 Å². The van der Waals surface area contributed by atoms with Crippen LogP contribution in [0.15, 0.2) is 72.8 Å². The lowest BCUT2D eigenvalue weighted by molar-refractivity contribution is 0.0561. The Labute approximate surface area is 647 Å². The van der Waals surface area contributed by atoms with Gasteiger partial charge in [-0.05, 0) is 122 Å². The number of hydrogen-bond donors (Lipinski definition) is 0. The molecule has 3 aromatic heterocycles. The van der Waals surface area contributed by atoms with Crippen LogP contribution in [0.3, 0.4) is 0 Å². The molecular weight excluding hydrogens is 1380 g/mol. The average molecular weight is 1500 g/mol. The molecule has 0 fully saturated rings. The number of nitrogens with zero attached hydrogens (tertiary/aromatic N) is 5. The van der Waals surface area contributed by atoms with Gasteiger partial charge in [0.1, 0.15) is 0 Å². The molecule has 4 unspecified atom stereocenters. The van der Waals surface area contributed by atoms with Crippen LogP contribution in [0.5, 0.6) is 0 Å². The Bertz CT molecular complexity index is 4430. The summed E-state index contributed by atoms with van der Waals surface area (Å²) in [6.07, 6.45) is 30.6. The predicted molar refractivity (Wildman–Crippen MR) is 446 cm³/mol. The molecule has 13 nitrogen and oxygen atoms in total. The molecule has 0 N–H and O–H groups in total. The van der Waals surface area contributed by atoms with Crippen LogP contribution >= 0.6 is 22.7 Å². The number of rotatable bonds is 41. The van der Waals surface area contributed by atoms with Crippen LogP contribution in [0.1, 0.15) is 351 Å². The maximum Gasteiger partial charge on any atom is 0.262 e. The lowest BCUT2D eigenvalue weighted by atomic mass is 9.83. The highest BCUT2D eigenvalue weighted by Gasteiger charge is 2.46. The van der Waals surface area contributed by atoms with Gasteiger partial charge in [-0.25, -0.2) is 0 Å². The largest absolute Gasteiger partial charge is 0.337 e. The van der Waals surface area contributed by atoms with E-state index in [1.54, 1.807) is 24.3 Å². The van der Waals surface area contributed by atoms with Gasteiger partial charge in [0.25, 0.3) is 47.3 Å². The number of fused-ring (bicyclic) bond motifs is 9. The number of hydrogen-bond acceptors (Lipinski definition) is 10. The van der Waals surface area contributed by atoms with Crippen molar-refractivity contribution in [3.63, 3.8) is 0 Å². The van der Waals surface area contributed by atoms with Crippen molar-refractivity contribution in [1.29, 1.82) is 0 Å². The Morgan fingerprint density at radius 2 is 0.574 bits per heavy atom. The van der Waals surface area contributed by atoms with Gasteiger partial charge in [-0.2, -0.15) is 0 Å². The van der Waals surface area contributed by atoms with Crippen molar-refractivity contribution in [1.82, 2.24) is 24.2 Å². The molecule has 0 bridgehead atoms. The molecule has 4 aliphatic heterocycles. The first-order valence-corrected chi connectivity index (χ1v) is 43.8. The van der Waals surface area contributed by atoms with Crippen molar-refractivity contribution < 1.29 is 38.4 Å². The highest BCUT2D eigenvalue weighted by atomic mass is 32.1. The van der Waals surface area contributed by atoms with Gasteiger partial charge >= 0.3 is 0 Å². The van der Waals surface area contributed by atoms with Gasteiger partial charge in [0.05, 0.1) is 33.3 Å². The summed E-state index contributed by atoms with van der Waals surface area (Å²) in [4.78, 5) is 130. The minimum absolute atomic E-state index is 0.108. The fraction of sp³-hybridized carbons (Fsp3) is 0.527. The quantitative estimate of drug-likeness (QED) is 0.0271. The van der Waals surface area contributed by atoms with E-state index in [-0.39, 0.29) is 103 Å². The van der Waals surface area contributed by atoms with Crippen LogP contribution in [0.25, 0.3) is 84.4 Å². The summed E-state index contributed by atoms with van der Waals surface area (Å²) in [5.74, 6) is -2.63. The van der Waals surface area contributed by atoms with Crippen molar-refractivity contribution in [2.24, 2.45) is 23.7 Å². The second-order valence-electron chi connectivity index (χ2n) is 32.2. The fourth-order valence-electron chi connectivity index (χ4n) is 18.4. The van der Waals surface area contributed by atoms with Crippen molar-refractivity contribution in [3.8, 4) is 20.9 Å². The Morgan fingerprint density at radius 3 is 0.880 bits per heavy atom. The van der Waals surface area contributed by atoms with Gasteiger partial charge in [0.2, 0.25) is 0 Å². The van der Waals surface area contributed by atoms with E-state index in [2.05, 4.69) is 122 Å². The van der Waals surface area contributed by atoms with Crippen LogP contribution in [-0.4, -0.2) is 97.6 Å². The van der Waals surface area contributed by atoms with Gasteiger partial charge in [-0.3, -0.25) is 58.0 Å². The van der Waals surface area contributed by atoms with Crippen LogP contribution in [0.4, 0.5) is 0 Å². The zero-order valence-corrected chi connectivity index (χ0v) is 67.8. The number of thiophene rings is 2. The zero-order chi connectivity index (χ0) is 76.2. The molecular formula is C93H115N5O8S2. The Kier molecular flexibility index (Phi) is 25.1. The van der Waals surface area contributed by atoms with Crippen LogP contribution in [0.2, 0.25) is 0 Å². The normalized spacial score (nSPS) is 15.7. The molecule has 13 rings (SSSR count). The molecule has 9 aromatic rings. The predicted octanol–water partition coefficient (Wildman–Crippen LogP) is 25.2. The fourth-order valence-corrected chi connectivity index (χ4v) is 20.8. The van der Waals surface area contributed by atoms with E-state index in [4.69, 9.17) is 0 Å². The van der Waals surface area contributed by atoms with E-state index in [0.29, 0.717) is 86.2 Å². The number of unbranched alkanes of at least 4 members (excludes halogenated alkanes) is 14. The average Bonchev–Trinajstić information content (AvgIpc) is 1.25. The third-order valence-electron chi connectivity index (χ3n) is 25.1. The molecule has 6 aromatic carbocycles. The number of aromatic nitrogens is 1. The van der Waals surface area contributed by atoms with E-state index < -0.39 is 0 Å². The summed E-state index contributed by atoms with van der Waals surface area (Å²) >= 11 is 2.99. The van der Waals surface area contributed by atoms with Crippen molar-refractivity contribution >= 4 is 133 Å². The topological polar surface area (TPSA) is 154 Å². The third kappa shape index (κ3) is 14.6. The minimum atomic E-state index is -0.385. The highest BCUT2D eigenvalue weighted by molar-refractivity contribution is 7.23. The molecule has 572 valence electrons. The molecule has 4 atom stereocenters. The minimum Gasteiger partial charge on any atom is -0.337 e. The summed E-state index contributed by atoms with van der Waals surface area (Å²) in [6, 6.07) is 24.7. The first-order valence-electron chi connectivity index (χ1n) is 42.2. The van der Waals surface area contributed by atoms with Crippen LogP contribution in [-0.2, 0) is 0 Å². The Balaban J connectivity index is 1.02. The summed E-state index contributed by atoms with van der Waals surface area (Å²) < 4.78 is 3.91. The standard InChI is InChI=1S/C93H115N5O8S2/c1-11-21-27-29-31-33-39-63(40-34-32-30-28-22-12-2)98-72-49-61(74-51-70-80-76-66(86(99)94(90(80)103)53-57(17-7)35-23-13-3)45-47-68-78(76)82(84(70)107-74)92(105)96(88(68)101)55-59(19-9)37-25-15-5)41-43-64(72)65-44-42-62(50-73(65)98)75-52-71-81-77-67(87(100)95(91(81)104)54-58(18-8)36-24-14-4)46-48-69-79(77)83(85(71)108-75)93(106)97(89(69)102)56-60(20-10)38-26-16-6/h41-52,57-60,63H,11-40,53-56H2,1-10H3. The molecule has 0 aliphatic carbocycles. The maximum absolute atomic E-state index is 15.7. The summed E-state index contributed by atoms with van der Waals surface area (Å²) in [7, 11) is 0. The molecule has 0 saturated carbocycles. The van der Waals surface area contributed by atoms with Crippen molar-refractivity contribution in [3.05, 3.63) is 117 Å². The van der Waals surface area contributed by atoms with Gasteiger partial charge in [0, 0.05) is 117 Å². The lowest BCUT2D eigenvalue weighted by Gasteiger charge is -2.34. The van der Waals surface area contributed by atoms with Crippen molar-refractivity contribution in [2.45, 2.75) is 268 Å².